The number of aryl methyl sites for hydroxylation is 1. The van der Waals surface area contributed by atoms with Gasteiger partial charge in [0.15, 0.2) is 0 Å². The van der Waals surface area contributed by atoms with Gasteiger partial charge in [-0.1, -0.05) is 25.3 Å². The topological polar surface area (TPSA) is 92.4 Å². The Morgan fingerprint density at radius 2 is 1.95 bits per heavy atom. The van der Waals surface area contributed by atoms with Gasteiger partial charge in [-0.05, 0) is 37.5 Å². The minimum absolute atomic E-state index is 0.0277. The number of nitrogens with one attached hydrogen (secondary N) is 1. The highest BCUT2D eigenvalue weighted by Crippen LogP contribution is 2.31. The number of amides is 1. The molecule has 21 heavy (non-hydrogen) atoms. The molecule has 1 aromatic rings. The van der Waals surface area contributed by atoms with E-state index in [0.29, 0.717) is 24.1 Å². The Morgan fingerprint density at radius 3 is 2.52 bits per heavy atom. The fourth-order valence-electron chi connectivity index (χ4n) is 2.96. The number of rotatable bonds is 4. The van der Waals surface area contributed by atoms with Gasteiger partial charge in [0.2, 0.25) is 0 Å². The van der Waals surface area contributed by atoms with Gasteiger partial charge in [0.1, 0.15) is 0 Å². The molecule has 0 aromatic heterocycles. The number of hydrogen-bond acceptors (Lipinski definition) is 3. The van der Waals surface area contributed by atoms with Crippen molar-refractivity contribution < 1.29 is 14.7 Å². The number of carbonyl (C=O) groups is 2. The van der Waals surface area contributed by atoms with E-state index in [-0.39, 0.29) is 12.3 Å². The predicted molar refractivity (Wildman–Crippen MR) is 81.1 cm³/mol. The number of aliphatic carboxylic acids is 1. The Morgan fingerprint density at radius 1 is 1.29 bits per heavy atom. The van der Waals surface area contributed by atoms with Crippen LogP contribution in [0.1, 0.15) is 54.4 Å². The average Bonchev–Trinajstić information content (AvgIpc) is 2.41. The summed E-state index contributed by atoms with van der Waals surface area (Å²) in [5.41, 5.74) is 7.18. The number of nitrogens with two attached hydrogens (primary N) is 1. The van der Waals surface area contributed by atoms with Crippen LogP contribution in [0.4, 0.5) is 5.69 Å². The van der Waals surface area contributed by atoms with Gasteiger partial charge in [-0.3, -0.25) is 9.59 Å². The maximum atomic E-state index is 12.4. The second-order valence-electron chi connectivity index (χ2n) is 5.94. The number of nitrogen functional groups attached to an aromatic ring is 1. The summed E-state index contributed by atoms with van der Waals surface area (Å²) in [5.74, 6) is -1.12. The van der Waals surface area contributed by atoms with Crippen molar-refractivity contribution >= 4 is 17.6 Å². The molecule has 4 N–H and O–H groups in total. The number of hydrogen-bond donors (Lipinski definition) is 3. The van der Waals surface area contributed by atoms with Gasteiger partial charge < -0.3 is 16.2 Å². The summed E-state index contributed by atoms with van der Waals surface area (Å²) in [7, 11) is 0. The van der Waals surface area contributed by atoms with Crippen molar-refractivity contribution in [1.82, 2.24) is 5.32 Å². The van der Waals surface area contributed by atoms with Crippen LogP contribution in [0, 0.1) is 6.92 Å². The molecule has 114 valence electrons. The van der Waals surface area contributed by atoms with E-state index in [0.717, 1.165) is 24.8 Å². The van der Waals surface area contributed by atoms with E-state index in [1.807, 2.05) is 6.92 Å². The van der Waals surface area contributed by atoms with E-state index in [4.69, 9.17) is 10.8 Å². The smallest absolute Gasteiger partial charge is 0.305 e. The quantitative estimate of drug-likeness (QED) is 0.743. The summed E-state index contributed by atoms with van der Waals surface area (Å²) in [4.78, 5) is 23.5. The largest absolute Gasteiger partial charge is 0.481 e. The van der Waals surface area contributed by atoms with E-state index in [1.54, 1.807) is 18.2 Å². The number of anilines is 1. The molecule has 1 saturated carbocycles. The molecule has 0 radical (unpaired) electrons. The van der Waals surface area contributed by atoms with Crippen LogP contribution < -0.4 is 11.1 Å². The third-order valence-corrected chi connectivity index (χ3v) is 4.22. The van der Waals surface area contributed by atoms with Crippen molar-refractivity contribution in [2.24, 2.45) is 0 Å². The first kappa shape index (κ1) is 15.4. The molecule has 0 aliphatic heterocycles. The highest BCUT2D eigenvalue weighted by atomic mass is 16.4. The van der Waals surface area contributed by atoms with E-state index in [9.17, 15) is 9.59 Å². The lowest BCUT2D eigenvalue weighted by molar-refractivity contribution is -0.139. The van der Waals surface area contributed by atoms with Crippen LogP contribution in [0.5, 0.6) is 0 Å². The Labute approximate surface area is 124 Å². The molecular formula is C16H22N2O3. The third-order valence-electron chi connectivity index (χ3n) is 4.22. The van der Waals surface area contributed by atoms with Crippen LogP contribution in [-0.2, 0) is 4.79 Å². The molecule has 5 heteroatoms. The van der Waals surface area contributed by atoms with Crippen molar-refractivity contribution in [3.8, 4) is 0 Å². The van der Waals surface area contributed by atoms with Gasteiger partial charge in [-0.2, -0.15) is 0 Å². The van der Waals surface area contributed by atoms with E-state index < -0.39 is 11.5 Å². The van der Waals surface area contributed by atoms with Crippen molar-refractivity contribution in [2.45, 2.75) is 51.0 Å². The van der Waals surface area contributed by atoms with Gasteiger partial charge in [-0.15, -0.1) is 0 Å². The van der Waals surface area contributed by atoms with Crippen LogP contribution >= 0.6 is 0 Å². The van der Waals surface area contributed by atoms with Gasteiger partial charge >= 0.3 is 5.97 Å². The second-order valence-corrected chi connectivity index (χ2v) is 5.94. The van der Waals surface area contributed by atoms with Crippen molar-refractivity contribution in [3.05, 3.63) is 29.3 Å². The maximum absolute atomic E-state index is 12.4. The van der Waals surface area contributed by atoms with Crippen LogP contribution in [0.2, 0.25) is 0 Å². The van der Waals surface area contributed by atoms with Crippen LogP contribution in [0.15, 0.2) is 18.2 Å². The molecule has 1 aliphatic carbocycles. The van der Waals surface area contributed by atoms with Gasteiger partial charge in [0.05, 0.1) is 12.0 Å². The molecule has 5 nitrogen and oxygen atoms in total. The Kier molecular flexibility index (Phi) is 4.50. The zero-order valence-electron chi connectivity index (χ0n) is 12.3. The lowest BCUT2D eigenvalue weighted by atomic mass is 9.79. The summed E-state index contributed by atoms with van der Waals surface area (Å²) < 4.78 is 0. The Balaban J connectivity index is 2.17. The number of carboxylic acid groups (broad SMARTS) is 1. The molecule has 1 aliphatic rings. The summed E-state index contributed by atoms with van der Waals surface area (Å²) in [6, 6.07) is 5.16. The first-order chi connectivity index (χ1) is 9.92. The third kappa shape index (κ3) is 3.74. The summed E-state index contributed by atoms with van der Waals surface area (Å²) in [6.45, 7) is 1.88. The van der Waals surface area contributed by atoms with Crippen molar-refractivity contribution in [2.75, 3.05) is 5.73 Å². The van der Waals surface area contributed by atoms with Crippen LogP contribution in [0.3, 0.4) is 0 Å². The zero-order chi connectivity index (χ0) is 15.5. The zero-order valence-corrected chi connectivity index (χ0v) is 12.3. The maximum Gasteiger partial charge on any atom is 0.305 e. The molecule has 0 bridgehead atoms. The highest BCUT2D eigenvalue weighted by molar-refractivity contribution is 5.96. The second kappa shape index (κ2) is 6.16. The average molecular weight is 290 g/mol. The molecular weight excluding hydrogens is 268 g/mol. The lowest BCUT2D eigenvalue weighted by Crippen LogP contribution is -2.51. The lowest BCUT2D eigenvalue weighted by Gasteiger charge is -2.37. The molecule has 0 saturated heterocycles. The minimum atomic E-state index is -0.874. The normalized spacial score (nSPS) is 17.2. The van der Waals surface area contributed by atoms with Crippen molar-refractivity contribution in [3.63, 3.8) is 0 Å². The number of carbonyl (C=O) groups excluding carboxylic acids is 1. The Hall–Kier alpha value is -2.04. The molecule has 0 spiro atoms. The van der Waals surface area contributed by atoms with E-state index in [1.165, 1.54) is 0 Å². The van der Waals surface area contributed by atoms with Gasteiger partial charge in [-0.25, -0.2) is 0 Å². The first-order valence-corrected chi connectivity index (χ1v) is 7.32. The minimum Gasteiger partial charge on any atom is -0.481 e. The Bertz CT molecular complexity index is 548. The summed E-state index contributed by atoms with van der Waals surface area (Å²) in [5, 5.41) is 12.1. The van der Waals surface area contributed by atoms with Gasteiger partial charge in [0.25, 0.3) is 5.91 Å². The van der Waals surface area contributed by atoms with E-state index >= 15 is 0 Å². The summed E-state index contributed by atoms with van der Waals surface area (Å²) >= 11 is 0. The molecule has 0 heterocycles. The first-order valence-electron chi connectivity index (χ1n) is 7.32. The number of carboxylic acids is 1. The fraction of sp³-hybridized carbons (Fsp3) is 0.500. The SMILES string of the molecule is Cc1ccc(C(=O)NC2(CC(=O)O)CCCCC2)cc1N. The molecule has 1 amide bonds. The molecule has 2 rings (SSSR count). The van der Waals surface area contributed by atoms with E-state index in [2.05, 4.69) is 5.32 Å². The summed E-state index contributed by atoms with van der Waals surface area (Å²) in [6.07, 6.45) is 4.39. The van der Waals surface area contributed by atoms with Crippen molar-refractivity contribution in [1.29, 1.82) is 0 Å². The molecule has 1 aromatic carbocycles. The molecule has 0 atom stereocenters. The monoisotopic (exact) mass is 290 g/mol. The highest BCUT2D eigenvalue weighted by Gasteiger charge is 2.36. The standard InChI is InChI=1S/C16H22N2O3/c1-11-5-6-12(9-13(11)17)15(21)18-16(10-14(19)20)7-3-2-4-8-16/h5-6,9H,2-4,7-8,10,17H2,1H3,(H,18,21)(H,19,20). The van der Waals surface area contributed by atoms with Crippen LogP contribution in [-0.4, -0.2) is 22.5 Å². The predicted octanol–water partition coefficient (Wildman–Crippen LogP) is 2.48. The fourth-order valence-corrected chi connectivity index (χ4v) is 2.96. The van der Waals surface area contributed by atoms with Gasteiger partial charge in [0, 0.05) is 11.3 Å². The molecule has 1 fully saturated rings. The molecule has 0 unspecified atom stereocenters. The van der Waals surface area contributed by atoms with Crippen LogP contribution in [0.25, 0.3) is 0 Å². The number of benzene rings is 1.